The van der Waals surface area contributed by atoms with Crippen LogP contribution in [0.25, 0.3) is 0 Å². The summed E-state index contributed by atoms with van der Waals surface area (Å²) in [7, 11) is -2.83. The number of benzene rings is 1. The summed E-state index contributed by atoms with van der Waals surface area (Å²) in [6.45, 7) is 0.144. The van der Waals surface area contributed by atoms with Gasteiger partial charge in [0.1, 0.15) is 0 Å². The molecule has 0 saturated carbocycles. The Bertz CT molecular complexity index is 272. The molecule has 0 amide bonds. The van der Waals surface area contributed by atoms with Crippen LogP contribution in [0.3, 0.4) is 0 Å². The molecule has 0 aromatic heterocycles. The van der Waals surface area contributed by atoms with E-state index in [1.165, 1.54) is 0 Å². The van der Waals surface area contributed by atoms with Gasteiger partial charge >= 0.3 is 8.25 Å². The zero-order valence-electron chi connectivity index (χ0n) is 6.16. The molecule has 1 atom stereocenters. The van der Waals surface area contributed by atoms with E-state index in [1.807, 2.05) is 0 Å². The van der Waals surface area contributed by atoms with Crippen molar-refractivity contribution in [2.45, 2.75) is 6.61 Å². The topological polar surface area (TPSA) is 46.5 Å². The quantitative estimate of drug-likeness (QED) is 0.772. The first-order valence-electron chi connectivity index (χ1n) is 3.28. The van der Waals surface area contributed by atoms with Crippen LogP contribution in [0.1, 0.15) is 5.56 Å². The molecular formula is C7H8ClO3P. The SMILES string of the molecule is O=[PH](O)OCc1ccc(Cl)cc1. The zero-order valence-corrected chi connectivity index (χ0v) is 7.91. The lowest BCUT2D eigenvalue weighted by Crippen LogP contribution is -1.84. The minimum Gasteiger partial charge on any atom is -0.326 e. The fourth-order valence-corrected chi connectivity index (χ4v) is 1.14. The van der Waals surface area contributed by atoms with E-state index in [2.05, 4.69) is 4.52 Å². The first-order valence-corrected chi connectivity index (χ1v) is 4.93. The highest BCUT2D eigenvalue weighted by atomic mass is 35.5. The van der Waals surface area contributed by atoms with Crippen LogP contribution in [-0.2, 0) is 15.7 Å². The van der Waals surface area contributed by atoms with Crippen molar-refractivity contribution in [1.29, 1.82) is 0 Å². The summed E-state index contributed by atoms with van der Waals surface area (Å²) in [5, 5.41) is 0.635. The molecule has 66 valence electrons. The van der Waals surface area contributed by atoms with Gasteiger partial charge in [0.25, 0.3) is 0 Å². The summed E-state index contributed by atoms with van der Waals surface area (Å²) < 4.78 is 14.7. The van der Waals surface area contributed by atoms with Gasteiger partial charge in [0.05, 0.1) is 6.61 Å². The van der Waals surface area contributed by atoms with Gasteiger partial charge in [0.2, 0.25) is 0 Å². The Hall–Kier alpha value is -0.340. The second-order valence-electron chi connectivity index (χ2n) is 2.18. The lowest BCUT2D eigenvalue weighted by atomic mass is 10.2. The van der Waals surface area contributed by atoms with Crippen LogP contribution in [0.15, 0.2) is 24.3 Å². The lowest BCUT2D eigenvalue weighted by Gasteiger charge is -1.99. The van der Waals surface area contributed by atoms with E-state index in [0.717, 1.165) is 5.56 Å². The molecule has 12 heavy (non-hydrogen) atoms. The van der Waals surface area contributed by atoms with Gasteiger partial charge in [-0.3, -0.25) is 4.57 Å². The van der Waals surface area contributed by atoms with E-state index in [-0.39, 0.29) is 6.61 Å². The molecule has 1 N–H and O–H groups in total. The third-order valence-corrected chi connectivity index (χ3v) is 1.92. The van der Waals surface area contributed by atoms with Crippen LogP contribution in [0, 0.1) is 0 Å². The van der Waals surface area contributed by atoms with Gasteiger partial charge in [-0.2, -0.15) is 0 Å². The number of hydrogen-bond donors (Lipinski definition) is 1. The van der Waals surface area contributed by atoms with Gasteiger partial charge < -0.3 is 9.42 Å². The smallest absolute Gasteiger partial charge is 0.316 e. The van der Waals surface area contributed by atoms with E-state index in [9.17, 15) is 4.57 Å². The molecule has 5 heteroatoms. The Morgan fingerprint density at radius 3 is 2.50 bits per heavy atom. The molecule has 3 nitrogen and oxygen atoms in total. The average Bonchev–Trinajstić information content (AvgIpc) is 2.03. The Balaban J connectivity index is 2.53. The van der Waals surface area contributed by atoms with Crippen molar-refractivity contribution in [3.8, 4) is 0 Å². The summed E-state index contributed by atoms with van der Waals surface area (Å²) in [5.41, 5.74) is 0.826. The van der Waals surface area contributed by atoms with E-state index < -0.39 is 8.25 Å². The Labute approximate surface area is 75.9 Å². The van der Waals surface area contributed by atoms with Gasteiger partial charge in [-0.1, -0.05) is 23.7 Å². The average molecular weight is 207 g/mol. The maximum atomic E-state index is 10.2. The van der Waals surface area contributed by atoms with Crippen LogP contribution >= 0.6 is 19.9 Å². The van der Waals surface area contributed by atoms with Crippen molar-refractivity contribution in [2.75, 3.05) is 0 Å². The molecule has 0 spiro atoms. The van der Waals surface area contributed by atoms with E-state index >= 15 is 0 Å². The third kappa shape index (κ3) is 3.37. The predicted octanol–water partition coefficient (Wildman–Crippen LogP) is 2.24. The second kappa shape index (κ2) is 4.63. The summed E-state index contributed by atoms with van der Waals surface area (Å²) in [5.74, 6) is 0. The second-order valence-corrected chi connectivity index (χ2v) is 3.44. The minimum atomic E-state index is -2.83. The molecular weight excluding hydrogens is 199 g/mol. The van der Waals surface area contributed by atoms with Gasteiger partial charge in [0.15, 0.2) is 0 Å². The number of rotatable bonds is 3. The van der Waals surface area contributed by atoms with Crippen molar-refractivity contribution in [2.24, 2.45) is 0 Å². The van der Waals surface area contributed by atoms with Crippen LogP contribution in [0.5, 0.6) is 0 Å². The molecule has 0 aliphatic heterocycles. The molecule has 0 bridgehead atoms. The molecule has 1 rings (SSSR count). The van der Waals surface area contributed by atoms with Crippen LogP contribution < -0.4 is 0 Å². The standard InChI is InChI=1S/C7H8ClO3P/c8-7-3-1-6(2-4-7)5-11-12(9)10/h1-4,12H,5H2,(H,9,10). The summed E-state index contributed by atoms with van der Waals surface area (Å²) >= 11 is 5.63. The van der Waals surface area contributed by atoms with Crippen molar-refractivity contribution in [1.82, 2.24) is 0 Å². The van der Waals surface area contributed by atoms with E-state index in [0.29, 0.717) is 5.02 Å². The molecule has 0 aliphatic carbocycles. The zero-order chi connectivity index (χ0) is 8.97. The fourth-order valence-electron chi connectivity index (χ4n) is 0.726. The molecule has 0 saturated heterocycles. The van der Waals surface area contributed by atoms with Crippen molar-refractivity contribution >= 4 is 19.9 Å². The molecule has 0 aliphatic rings. The van der Waals surface area contributed by atoms with Crippen LogP contribution in [-0.4, -0.2) is 4.89 Å². The molecule has 0 radical (unpaired) electrons. The Morgan fingerprint density at radius 2 is 2.00 bits per heavy atom. The molecule has 0 fully saturated rings. The molecule has 1 aromatic carbocycles. The molecule has 0 heterocycles. The van der Waals surface area contributed by atoms with Gasteiger partial charge in [0, 0.05) is 5.02 Å². The van der Waals surface area contributed by atoms with Crippen molar-refractivity contribution in [3.63, 3.8) is 0 Å². The van der Waals surface area contributed by atoms with Gasteiger partial charge in [-0.05, 0) is 17.7 Å². The first-order chi connectivity index (χ1) is 5.68. The third-order valence-electron chi connectivity index (χ3n) is 1.28. The van der Waals surface area contributed by atoms with Gasteiger partial charge in [-0.15, -0.1) is 0 Å². The molecule has 1 aromatic rings. The monoisotopic (exact) mass is 206 g/mol. The maximum absolute atomic E-state index is 10.2. The van der Waals surface area contributed by atoms with Crippen LogP contribution in [0.4, 0.5) is 0 Å². The lowest BCUT2D eigenvalue weighted by molar-refractivity contribution is 0.272. The fraction of sp³-hybridized carbons (Fsp3) is 0.143. The van der Waals surface area contributed by atoms with Gasteiger partial charge in [-0.25, -0.2) is 0 Å². The number of hydrogen-bond acceptors (Lipinski definition) is 2. The summed E-state index contributed by atoms with van der Waals surface area (Å²) in [6, 6.07) is 6.89. The minimum absolute atomic E-state index is 0.144. The normalized spacial score (nSPS) is 12.8. The highest BCUT2D eigenvalue weighted by molar-refractivity contribution is 7.32. The highest BCUT2D eigenvalue weighted by Crippen LogP contribution is 2.18. The summed E-state index contributed by atoms with van der Waals surface area (Å²) in [4.78, 5) is 8.37. The number of halogens is 1. The van der Waals surface area contributed by atoms with E-state index in [4.69, 9.17) is 16.5 Å². The van der Waals surface area contributed by atoms with E-state index in [1.54, 1.807) is 24.3 Å². The first kappa shape index (κ1) is 9.75. The highest BCUT2D eigenvalue weighted by Gasteiger charge is 1.95. The van der Waals surface area contributed by atoms with Crippen LogP contribution in [0.2, 0.25) is 5.02 Å². The Morgan fingerprint density at radius 1 is 1.42 bits per heavy atom. The molecule has 1 unspecified atom stereocenters. The Kier molecular flexibility index (Phi) is 3.76. The van der Waals surface area contributed by atoms with Crippen molar-refractivity contribution < 1.29 is 14.0 Å². The van der Waals surface area contributed by atoms with Crippen molar-refractivity contribution in [3.05, 3.63) is 34.9 Å². The largest absolute Gasteiger partial charge is 0.326 e. The maximum Gasteiger partial charge on any atom is 0.316 e. The predicted molar refractivity (Wildman–Crippen MR) is 47.5 cm³/mol. The summed E-state index contributed by atoms with van der Waals surface area (Å²) in [6.07, 6.45) is 0.